The number of carbonyl (C=O) groups is 1. The standard InChI is InChI=1S/C18H18N2O5/c1-22-16-11-4-3-5-19-15(11)18(23-2)17-12(16)8-14(25-17)13-9-24-7-6-20(13)10-21/h3-5,8,10,13H,6-7,9H2,1-2H3. The van der Waals surface area contributed by atoms with Crippen molar-refractivity contribution in [3.63, 3.8) is 0 Å². The van der Waals surface area contributed by atoms with Crippen LogP contribution in [0.1, 0.15) is 11.8 Å². The molecule has 7 nitrogen and oxygen atoms in total. The number of fused-ring (bicyclic) bond motifs is 2. The van der Waals surface area contributed by atoms with Gasteiger partial charge in [0.2, 0.25) is 6.41 Å². The van der Waals surface area contributed by atoms with E-state index in [4.69, 9.17) is 18.6 Å². The van der Waals surface area contributed by atoms with Crippen LogP contribution in [0.25, 0.3) is 21.9 Å². The van der Waals surface area contributed by atoms with Gasteiger partial charge in [0, 0.05) is 18.1 Å². The highest BCUT2D eigenvalue weighted by atomic mass is 16.5. The van der Waals surface area contributed by atoms with Gasteiger partial charge in [-0.05, 0) is 18.2 Å². The molecular weight excluding hydrogens is 324 g/mol. The molecule has 1 aliphatic rings. The van der Waals surface area contributed by atoms with E-state index in [9.17, 15) is 4.79 Å². The number of ether oxygens (including phenoxy) is 3. The summed E-state index contributed by atoms with van der Waals surface area (Å²) < 4.78 is 22.8. The first-order chi connectivity index (χ1) is 12.3. The molecule has 1 fully saturated rings. The first-order valence-corrected chi connectivity index (χ1v) is 7.99. The number of pyridine rings is 1. The van der Waals surface area contributed by atoms with Crippen LogP contribution in [-0.4, -0.2) is 50.3 Å². The van der Waals surface area contributed by atoms with Gasteiger partial charge < -0.3 is 23.5 Å². The van der Waals surface area contributed by atoms with Crippen molar-refractivity contribution in [2.24, 2.45) is 0 Å². The monoisotopic (exact) mass is 342 g/mol. The summed E-state index contributed by atoms with van der Waals surface area (Å²) >= 11 is 0. The number of nitrogens with zero attached hydrogens (tertiary/aromatic N) is 2. The van der Waals surface area contributed by atoms with Gasteiger partial charge in [0.25, 0.3) is 0 Å². The van der Waals surface area contributed by atoms with Crippen molar-refractivity contribution in [3.05, 3.63) is 30.2 Å². The molecule has 1 amide bonds. The summed E-state index contributed by atoms with van der Waals surface area (Å²) in [6, 6.07) is 5.39. The molecule has 0 saturated carbocycles. The number of rotatable bonds is 4. The predicted octanol–water partition coefficient (Wildman–Crippen LogP) is 2.53. The first-order valence-electron chi connectivity index (χ1n) is 7.99. The molecule has 1 atom stereocenters. The number of aromatic nitrogens is 1. The van der Waals surface area contributed by atoms with Gasteiger partial charge in [-0.3, -0.25) is 9.78 Å². The third-order valence-electron chi connectivity index (χ3n) is 4.51. The van der Waals surface area contributed by atoms with Crippen molar-refractivity contribution in [2.45, 2.75) is 6.04 Å². The lowest BCUT2D eigenvalue weighted by Gasteiger charge is -2.30. The Morgan fingerprint density at radius 3 is 2.88 bits per heavy atom. The van der Waals surface area contributed by atoms with E-state index in [0.717, 1.165) is 17.2 Å². The predicted molar refractivity (Wildman–Crippen MR) is 90.9 cm³/mol. The fourth-order valence-corrected chi connectivity index (χ4v) is 3.33. The van der Waals surface area contributed by atoms with Crippen molar-refractivity contribution in [1.29, 1.82) is 0 Å². The molecule has 0 aliphatic carbocycles. The van der Waals surface area contributed by atoms with Crippen LogP contribution >= 0.6 is 0 Å². The molecule has 1 aromatic carbocycles. The fraction of sp³-hybridized carbons (Fsp3) is 0.333. The lowest BCUT2D eigenvalue weighted by atomic mass is 10.1. The number of amides is 1. The van der Waals surface area contributed by atoms with Crippen LogP contribution in [-0.2, 0) is 9.53 Å². The molecule has 1 aliphatic heterocycles. The minimum absolute atomic E-state index is 0.274. The molecule has 7 heteroatoms. The lowest BCUT2D eigenvalue weighted by Crippen LogP contribution is -2.38. The van der Waals surface area contributed by atoms with E-state index in [-0.39, 0.29) is 6.04 Å². The Balaban J connectivity index is 1.98. The average molecular weight is 342 g/mol. The molecule has 3 heterocycles. The number of carbonyl (C=O) groups excluding carboxylic acids is 1. The van der Waals surface area contributed by atoms with Crippen LogP contribution in [0.4, 0.5) is 0 Å². The normalized spacial score (nSPS) is 17.8. The van der Waals surface area contributed by atoms with E-state index in [1.54, 1.807) is 25.3 Å². The SMILES string of the molecule is COc1c2cccnc2c(OC)c2oc(C3COCCN3C=O)cc12. The second-order valence-corrected chi connectivity index (χ2v) is 5.79. The molecule has 0 radical (unpaired) electrons. The van der Waals surface area contributed by atoms with Crippen molar-refractivity contribution < 1.29 is 23.4 Å². The Kier molecular flexibility index (Phi) is 3.93. The molecule has 3 aromatic rings. The van der Waals surface area contributed by atoms with Crippen LogP contribution in [0.5, 0.6) is 11.5 Å². The van der Waals surface area contributed by atoms with Gasteiger partial charge in [0.15, 0.2) is 11.3 Å². The maximum atomic E-state index is 11.4. The topological polar surface area (TPSA) is 74.0 Å². The van der Waals surface area contributed by atoms with Crippen LogP contribution in [0.3, 0.4) is 0 Å². The van der Waals surface area contributed by atoms with Crippen molar-refractivity contribution >= 4 is 28.3 Å². The zero-order valence-electron chi connectivity index (χ0n) is 14.0. The molecule has 0 bridgehead atoms. The number of morpholine rings is 1. The third kappa shape index (κ3) is 2.39. The minimum Gasteiger partial charge on any atom is -0.495 e. The van der Waals surface area contributed by atoms with Gasteiger partial charge in [-0.2, -0.15) is 0 Å². The molecule has 130 valence electrons. The number of methoxy groups -OCH3 is 2. The van der Waals surface area contributed by atoms with E-state index < -0.39 is 0 Å². The van der Waals surface area contributed by atoms with Gasteiger partial charge in [0.05, 0.1) is 32.8 Å². The summed E-state index contributed by atoms with van der Waals surface area (Å²) in [5, 5.41) is 1.63. The molecule has 0 spiro atoms. The van der Waals surface area contributed by atoms with Crippen molar-refractivity contribution in [2.75, 3.05) is 34.0 Å². The second-order valence-electron chi connectivity index (χ2n) is 5.79. The van der Waals surface area contributed by atoms with Crippen LogP contribution in [0.2, 0.25) is 0 Å². The maximum absolute atomic E-state index is 11.4. The number of benzene rings is 1. The van der Waals surface area contributed by atoms with E-state index >= 15 is 0 Å². The molecule has 4 rings (SSSR count). The fourth-order valence-electron chi connectivity index (χ4n) is 3.33. The van der Waals surface area contributed by atoms with Crippen LogP contribution in [0.15, 0.2) is 28.8 Å². The van der Waals surface area contributed by atoms with Crippen LogP contribution in [0, 0.1) is 0 Å². The Morgan fingerprint density at radius 2 is 2.12 bits per heavy atom. The average Bonchev–Trinajstić information content (AvgIpc) is 3.10. The molecule has 0 N–H and O–H groups in total. The van der Waals surface area contributed by atoms with E-state index in [2.05, 4.69) is 4.98 Å². The Hall–Kier alpha value is -2.80. The first kappa shape index (κ1) is 15.7. The smallest absolute Gasteiger partial charge is 0.210 e. The highest BCUT2D eigenvalue weighted by molar-refractivity contribution is 6.07. The number of furan rings is 1. The van der Waals surface area contributed by atoms with E-state index in [1.165, 1.54) is 0 Å². The molecule has 1 unspecified atom stereocenters. The van der Waals surface area contributed by atoms with E-state index in [0.29, 0.717) is 48.1 Å². The summed E-state index contributed by atoms with van der Waals surface area (Å²) in [5.74, 6) is 1.85. The second kappa shape index (κ2) is 6.25. The van der Waals surface area contributed by atoms with Crippen molar-refractivity contribution in [1.82, 2.24) is 9.88 Å². The largest absolute Gasteiger partial charge is 0.495 e. The highest BCUT2D eigenvalue weighted by Gasteiger charge is 2.29. The molecular formula is C18H18N2O5. The lowest BCUT2D eigenvalue weighted by molar-refractivity contribution is -0.127. The summed E-state index contributed by atoms with van der Waals surface area (Å²) in [4.78, 5) is 17.5. The van der Waals surface area contributed by atoms with Crippen molar-refractivity contribution in [3.8, 4) is 11.5 Å². The van der Waals surface area contributed by atoms with Crippen LogP contribution < -0.4 is 9.47 Å². The van der Waals surface area contributed by atoms with Gasteiger partial charge in [-0.1, -0.05) is 0 Å². The summed E-state index contributed by atoms with van der Waals surface area (Å²) in [6.45, 7) is 1.44. The zero-order valence-corrected chi connectivity index (χ0v) is 14.0. The summed E-state index contributed by atoms with van der Waals surface area (Å²) in [7, 11) is 3.20. The molecule has 1 saturated heterocycles. The van der Waals surface area contributed by atoms with Gasteiger partial charge in [-0.25, -0.2) is 0 Å². The van der Waals surface area contributed by atoms with Gasteiger partial charge >= 0.3 is 0 Å². The highest BCUT2D eigenvalue weighted by Crippen LogP contribution is 2.44. The Labute approximate surface area is 144 Å². The summed E-state index contributed by atoms with van der Waals surface area (Å²) in [5.41, 5.74) is 1.22. The van der Waals surface area contributed by atoms with Gasteiger partial charge in [-0.15, -0.1) is 0 Å². The summed E-state index contributed by atoms with van der Waals surface area (Å²) in [6.07, 6.45) is 2.52. The maximum Gasteiger partial charge on any atom is 0.210 e. The quantitative estimate of drug-likeness (QED) is 0.678. The molecule has 2 aromatic heterocycles. The minimum atomic E-state index is -0.274. The molecule has 25 heavy (non-hydrogen) atoms. The number of hydrogen-bond donors (Lipinski definition) is 0. The Bertz CT molecular complexity index is 876. The van der Waals surface area contributed by atoms with Gasteiger partial charge in [0.1, 0.15) is 23.1 Å². The van der Waals surface area contributed by atoms with E-state index in [1.807, 2.05) is 18.2 Å². The number of hydrogen-bond acceptors (Lipinski definition) is 6. The third-order valence-corrected chi connectivity index (χ3v) is 4.51. The Morgan fingerprint density at radius 1 is 1.28 bits per heavy atom. The zero-order chi connectivity index (χ0) is 17.4.